The van der Waals surface area contributed by atoms with E-state index in [1.807, 2.05) is 13.0 Å². The molecule has 1 aromatic heterocycles. The number of benzene rings is 1. The molecule has 3 N–H and O–H groups in total. The van der Waals surface area contributed by atoms with Crippen LogP contribution in [0.2, 0.25) is 0 Å². The molecule has 21 heavy (non-hydrogen) atoms. The Bertz CT molecular complexity index is 773. The van der Waals surface area contributed by atoms with E-state index in [1.165, 1.54) is 18.3 Å². The lowest BCUT2D eigenvalue weighted by Crippen LogP contribution is -2.21. The van der Waals surface area contributed by atoms with Crippen LogP contribution in [-0.4, -0.2) is 18.4 Å². The molecule has 0 spiro atoms. The Kier molecular flexibility index (Phi) is 4.54. The summed E-state index contributed by atoms with van der Waals surface area (Å²) in [7, 11) is -3.79. The van der Waals surface area contributed by atoms with Gasteiger partial charge in [-0.3, -0.25) is 9.71 Å². The molecule has 5 nitrogen and oxygen atoms in total. The molecule has 7 heteroatoms. The van der Waals surface area contributed by atoms with Crippen LogP contribution in [0.1, 0.15) is 18.2 Å². The van der Waals surface area contributed by atoms with Crippen molar-refractivity contribution in [1.82, 2.24) is 4.98 Å². The summed E-state index contributed by atoms with van der Waals surface area (Å²) in [6.07, 6.45) is 2.27. The normalized spacial score (nSPS) is 11.1. The SMILES string of the molecule is CCc1cccc(NS(=O)(=O)c2cccnc2C(N)=S)c1. The Morgan fingerprint density at radius 2 is 2.10 bits per heavy atom. The van der Waals surface area contributed by atoms with Gasteiger partial charge in [-0.05, 0) is 36.2 Å². The van der Waals surface area contributed by atoms with Crippen molar-refractivity contribution in [3.05, 3.63) is 53.9 Å². The average molecular weight is 321 g/mol. The number of nitrogens with one attached hydrogen (secondary N) is 1. The van der Waals surface area contributed by atoms with Crippen molar-refractivity contribution in [3.63, 3.8) is 0 Å². The van der Waals surface area contributed by atoms with Crippen LogP contribution < -0.4 is 10.5 Å². The highest BCUT2D eigenvalue weighted by Crippen LogP contribution is 2.19. The van der Waals surface area contributed by atoms with Crippen LogP contribution in [0.15, 0.2) is 47.5 Å². The predicted molar refractivity (Wildman–Crippen MR) is 86.8 cm³/mol. The summed E-state index contributed by atoms with van der Waals surface area (Å²) < 4.78 is 27.4. The lowest BCUT2D eigenvalue weighted by molar-refractivity contribution is 0.600. The Balaban J connectivity index is 2.41. The number of thiocarbonyl (C=S) groups is 1. The van der Waals surface area contributed by atoms with Gasteiger partial charge in [-0.1, -0.05) is 31.3 Å². The zero-order valence-corrected chi connectivity index (χ0v) is 13.0. The molecule has 1 heterocycles. The van der Waals surface area contributed by atoms with Crippen LogP contribution in [0.4, 0.5) is 5.69 Å². The molecule has 0 aliphatic rings. The first-order valence-corrected chi connectivity index (χ1v) is 8.19. The van der Waals surface area contributed by atoms with E-state index in [2.05, 4.69) is 9.71 Å². The maximum atomic E-state index is 12.5. The highest BCUT2D eigenvalue weighted by atomic mass is 32.2. The molecule has 0 amide bonds. The number of nitrogens with zero attached hydrogens (tertiary/aromatic N) is 1. The third-order valence-corrected chi connectivity index (χ3v) is 4.49. The van der Waals surface area contributed by atoms with Gasteiger partial charge in [0, 0.05) is 11.9 Å². The van der Waals surface area contributed by atoms with E-state index >= 15 is 0 Å². The quantitative estimate of drug-likeness (QED) is 0.824. The number of hydrogen-bond acceptors (Lipinski definition) is 4. The summed E-state index contributed by atoms with van der Waals surface area (Å²) in [5, 5.41) is 0. The zero-order valence-electron chi connectivity index (χ0n) is 11.4. The summed E-state index contributed by atoms with van der Waals surface area (Å²) in [6.45, 7) is 2.00. The molecule has 0 saturated carbocycles. The highest BCUT2D eigenvalue weighted by molar-refractivity contribution is 7.93. The Hall–Kier alpha value is -1.99. The van der Waals surface area contributed by atoms with E-state index in [1.54, 1.807) is 18.2 Å². The van der Waals surface area contributed by atoms with Crippen molar-refractivity contribution in [1.29, 1.82) is 0 Å². The van der Waals surface area contributed by atoms with Crippen molar-refractivity contribution in [2.45, 2.75) is 18.2 Å². The lowest BCUT2D eigenvalue weighted by atomic mass is 10.1. The molecule has 0 fully saturated rings. The number of nitrogens with two attached hydrogens (primary N) is 1. The Morgan fingerprint density at radius 1 is 1.33 bits per heavy atom. The number of rotatable bonds is 5. The van der Waals surface area contributed by atoms with Gasteiger partial charge in [-0.2, -0.15) is 0 Å². The molecule has 0 bridgehead atoms. The van der Waals surface area contributed by atoms with E-state index < -0.39 is 10.0 Å². The predicted octanol–water partition coefficient (Wildman–Crippen LogP) is 2.08. The molecule has 2 rings (SSSR count). The van der Waals surface area contributed by atoms with E-state index in [9.17, 15) is 8.42 Å². The fourth-order valence-corrected chi connectivity index (χ4v) is 3.31. The minimum absolute atomic E-state index is 0.0283. The van der Waals surface area contributed by atoms with Gasteiger partial charge in [-0.15, -0.1) is 0 Å². The Labute approximate surface area is 129 Å². The number of anilines is 1. The largest absolute Gasteiger partial charge is 0.388 e. The second-order valence-electron chi connectivity index (χ2n) is 4.37. The van der Waals surface area contributed by atoms with Crippen LogP contribution in [0.5, 0.6) is 0 Å². The van der Waals surface area contributed by atoms with Gasteiger partial charge >= 0.3 is 0 Å². The smallest absolute Gasteiger partial charge is 0.264 e. The van der Waals surface area contributed by atoms with E-state index in [4.69, 9.17) is 18.0 Å². The van der Waals surface area contributed by atoms with Gasteiger partial charge < -0.3 is 5.73 Å². The summed E-state index contributed by atoms with van der Waals surface area (Å²) in [5.74, 6) is 0. The number of sulfonamides is 1. The van der Waals surface area contributed by atoms with Crippen molar-refractivity contribution in [3.8, 4) is 0 Å². The fourth-order valence-electron chi connectivity index (χ4n) is 1.86. The van der Waals surface area contributed by atoms with Crippen molar-refractivity contribution in [2.75, 3.05) is 4.72 Å². The zero-order chi connectivity index (χ0) is 15.5. The summed E-state index contributed by atoms with van der Waals surface area (Å²) in [5.41, 5.74) is 7.15. The first-order valence-electron chi connectivity index (χ1n) is 6.30. The first kappa shape index (κ1) is 15.4. The highest BCUT2D eigenvalue weighted by Gasteiger charge is 2.20. The van der Waals surface area contributed by atoms with Gasteiger partial charge in [-0.25, -0.2) is 8.42 Å². The lowest BCUT2D eigenvalue weighted by Gasteiger charge is -2.11. The number of aryl methyl sites for hydroxylation is 1. The maximum Gasteiger partial charge on any atom is 0.264 e. The molecule has 0 radical (unpaired) electrons. The van der Waals surface area contributed by atoms with Crippen molar-refractivity contribution in [2.24, 2.45) is 5.73 Å². The van der Waals surface area contributed by atoms with Crippen molar-refractivity contribution >= 4 is 32.9 Å². The van der Waals surface area contributed by atoms with Gasteiger partial charge in [0.25, 0.3) is 10.0 Å². The number of aromatic nitrogens is 1. The maximum absolute atomic E-state index is 12.5. The molecule has 110 valence electrons. The Morgan fingerprint density at radius 3 is 2.76 bits per heavy atom. The number of hydrogen-bond donors (Lipinski definition) is 2. The summed E-state index contributed by atoms with van der Waals surface area (Å²) >= 11 is 4.85. The second kappa shape index (κ2) is 6.19. The molecule has 2 aromatic rings. The van der Waals surface area contributed by atoms with Crippen LogP contribution in [0.3, 0.4) is 0 Å². The van der Waals surface area contributed by atoms with Gasteiger partial charge in [0.1, 0.15) is 15.6 Å². The number of pyridine rings is 1. The first-order chi connectivity index (χ1) is 9.94. The average Bonchev–Trinajstić information content (AvgIpc) is 2.47. The van der Waals surface area contributed by atoms with Crippen molar-refractivity contribution < 1.29 is 8.42 Å². The van der Waals surface area contributed by atoms with Gasteiger partial charge in [0.05, 0.1) is 0 Å². The second-order valence-corrected chi connectivity index (χ2v) is 6.46. The molecule has 0 aliphatic heterocycles. The van der Waals surface area contributed by atoms with E-state index in [-0.39, 0.29) is 15.6 Å². The van der Waals surface area contributed by atoms with Crippen LogP contribution in [-0.2, 0) is 16.4 Å². The van der Waals surface area contributed by atoms with Gasteiger partial charge in [0.15, 0.2) is 0 Å². The summed E-state index contributed by atoms with van der Waals surface area (Å²) in [6, 6.07) is 10.2. The van der Waals surface area contributed by atoms with Gasteiger partial charge in [0.2, 0.25) is 0 Å². The van der Waals surface area contributed by atoms with E-state index in [0.717, 1.165) is 12.0 Å². The molecule has 0 unspecified atom stereocenters. The molecule has 0 aliphatic carbocycles. The molecule has 1 aromatic carbocycles. The van der Waals surface area contributed by atoms with E-state index in [0.29, 0.717) is 5.69 Å². The van der Waals surface area contributed by atoms with Crippen LogP contribution in [0, 0.1) is 0 Å². The van der Waals surface area contributed by atoms with Crippen LogP contribution >= 0.6 is 12.2 Å². The monoisotopic (exact) mass is 321 g/mol. The minimum Gasteiger partial charge on any atom is -0.388 e. The molecule has 0 atom stereocenters. The third-order valence-electron chi connectivity index (χ3n) is 2.88. The minimum atomic E-state index is -3.79. The third kappa shape index (κ3) is 3.56. The molecule has 0 saturated heterocycles. The van der Waals surface area contributed by atoms with Crippen LogP contribution in [0.25, 0.3) is 0 Å². The molecular weight excluding hydrogens is 306 g/mol. The standard InChI is InChI=1S/C14H15N3O2S2/c1-2-10-5-3-6-11(9-10)17-21(18,19)12-7-4-8-16-13(12)14(15)20/h3-9,17H,2H2,1H3,(H2,15,20). The molecular formula is C14H15N3O2S2. The topological polar surface area (TPSA) is 85.1 Å². The fraction of sp³-hybridized carbons (Fsp3) is 0.143. The summed E-state index contributed by atoms with van der Waals surface area (Å²) in [4.78, 5) is 3.85.